The van der Waals surface area contributed by atoms with E-state index >= 15 is 0 Å². The number of rotatable bonds is 2. The molecule has 1 amide bonds. The highest BCUT2D eigenvalue weighted by atomic mass is 32.2. The molecular formula is C20H19N4O2S+. The molecule has 1 N–H and O–H groups in total. The summed E-state index contributed by atoms with van der Waals surface area (Å²) in [7, 11) is 0. The normalized spacial score (nSPS) is 15.2. The number of para-hydroxylation sites is 1. The summed E-state index contributed by atoms with van der Waals surface area (Å²) in [6, 6.07) is 15.3. The van der Waals surface area contributed by atoms with Crippen LogP contribution in [-0.4, -0.2) is 22.2 Å². The van der Waals surface area contributed by atoms with Gasteiger partial charge in [0.1, 0.15) is 0 Å². The van der Waals surface area contributed by atoms with E-state index in [1.165, 1.54) is 18.7 Å². The molecule has 136 valence electrons. The molecule has 0 spiro atoms. The number of amides is 1. The van der Waals surface area contributed by atoms with Gasteiger partial charge in [-0.15, -0.1) is 0 Å². The summed E-state index contributed by atoms with van der Waals surface area (Å²) in [5.41, 5.74) is 3.59. The molecule has 1 atom stereocenters. The lowest BCUT2D eigenvalue weighted by Crippen LogP contribution is -2.60. The molecule has 1 unspecified atom stereocenters. The quantitative estimate of drug-likeness (QED) is 0.549. The minimum Gasteiger partial charge on any atom is -0.291 e. The molecule has 2 aromatic carbocycles. The van der Waals surface area contributed by atoms with E-state index in [9.17, 15) is 9.59 Å². The first-order chi connectivity index (χ1) is 13.0. The zero-order valence-electron chi connectivity index (χ0n) is 15.3. The number of hydrogen-bond acceptors (Lipinski definition) is 4. The van der Waals surface area contributed by atoms with Gasteiger partial charge >= 0.3 is 11.3 Å². The van der Waals surface area contributed by atoms with Crippen LogP contribution in [0.3, 0.4) is 0 Å². The molecule has 0 radical (unpaired) electrons. The first-order valence-corrected chi connectivity index (χ1v) is 9.80. The van der Waals surface area contributed by atoms with E-state index in [4.69, 9.17) is 0 Å². The second kappa shape index (κ2) is 6.66. The van der Waals surface area contributed by atoms with Crippen molar-refractivity contribution in [1.82, 2.24) is 10.1 Å². The Kier molecular flexibility index (Phi) is 4.31. The minimum absolute atomic E-state index is 0.110. The third-order valence-electron chi connectivity index (χ3n) is 4.76. The van der Waals surface area contributed by atoms with E-state index in [1.54, 1.807) is 9.58 Å². The Morgan fingerprint density at radius 3 is 2.59 bits per heavy atom. The van der Waals surface area contributed by atoms with Crippen molar-refractivity contribution in [3.05, 3.63) is 70.0 Å². The molecule has 27 heavy (non-hydrogen) atoms. The zero-order valence-corrected chi connectivity index (χ0v) is 16.1. The fourth-order valence-electron chi connectivity index (χ4n) is 3.56. The lowest BCUT2D eigenvalue weighted by molar-refractivity contribution is -0.763. The van der Waals surface area contributed by atoms with Crippen molar-refractivity contribution < 1.29 is 9.48 Å². The highest BCUT2D eigenvalue weighted by Crippen LogP contribution is 2.37. The molecule has 6 nitrogen and oxygen atoms in total. The molecule has 1 aliphatic heterocycles. The predicted octanol–water partition coefficient (Wildman–Crippen LogP) is 2.67. The Balaban J connectivity index is 2.12. The number of aryl methyl sites for hydroxylation is 1. The van der Waals surface area contributed by atoms with Gasteiger partial charge in [0.15, 0.2) is 0 Å². The van der Waals surface area contributed by atoms with E-state index in [-0.39, 0.29) is 11.5 Å². The van der Waals surface area contributed by atoms with Crippen LogP contribution in [0.4, 0.5) is 5.69 Å². The van der Waals surface area contributed by atoms with Crippen LogP contribution >= 0.6 is 11.8 Å². The van der Waals surface area contributed by atoms with Gasteiger partial charge in [-0.2, -0.15) is 0 Å². The SMILES string of the molecule is CSc1n[n+]2c(c(=O)[nH]1)-c1ccccc1N(C(C)=O)C2c1ccccc1C. The third kappa shape index (κ3) is 2.75. The van der Waals surface area contributed by atoms with E-state index in [0.29, 0.717) is 22.1 Å². The average molecular weight is 379 g/mol. The van der Waals surface area contributed by atoms with Crippen LogP contribution in [-0.2, 0) is 4.79 Å². The summed E-state index contributed by atoms with van der Waals surface area (Å²) >= 11 is 1.36. The molecule has 0 saturated carbocycles. The maximum Gasteiger partial charge on any atom is 0.325 e. The van der Waals surface area contributed by atoms with Gasteiger partial charge in [0, 0.05) is 17.6 Å². The number of carbonyl (C=O) groups is 1. The van der Waals surface area contributed by atoms with Gasteiger partial charge in [0.25, 0.3) is 6.17 Å². The van der Waals surface area contributed by atoms with Gasteiger partial charge in [0.05, 0.1) is 11.3 Å². The van der Waals surface area contributed by atoms with Gasteiger partial charge in [-0.1, -0.05) is 42.1 Å². The largest absolute Gasteiger partial charge is 0.325 e. The molecule has 0 bridgehead atoms. The van der Waals surface area contributed by atoms with E-state index < -0.39 is 6.17 Å². The Hall–Kier alpha value is -2.93. The number of fused-ring (bicyclic) bond motifs is 3. The number of aromatic amines is 1. The number of H-pyrrole nitrogens is 1. The molecular weight excluding hydrogens is 360 g/mol. The summed E-state index contributed by atoms with van der Waals surface area (Å²) in [5.74, 6) is -0.110. The van der Waals surface area contributed by atoms with Crippen molar-refractivity contribution in [1.29, 1.82) is 0 Å². The molecule has 4 rings (SSSR count). The highest BCUT2D eigenvalue weighted by molar-refractivity contribution is 7.98. The van der Waals surface area contributed by atoms with Crippen LogP contribution in [0.15, 0.2) is 58.5 Å². The Bertz CT molecular complexity index is 1110. The van der Waals surface area contributed by atoms with E-state index in [2.05, 4.69) is 10.1 Å². The van der Waals surface area contributed by atoms with Crippen LogP contribution in [0.1, 0.15) is 24.2 Å². The molecule has 3 aromatic rings. The Morgan fingerprint density at radius 2 is 1.89 bits per heavy atom. The topological polar surface area (TPSA) is 69.9 Å². The molecule has 1 aliphatic rings. The minimum atomic E-state index is -0.526. The van der Waals surface area contributed by atoms with Gasteiger partial charge < -0.3 is 0 Å². The van der Waals surface area contributed by atoms with Crippen molar-refractivity contribution in [3.8, 4) is 11.3 Å². The predicted molar refractivity (Wildman–Crippen MR) is 105 cm³/mol. The number of anilines is 1. The van der Waals surface area contributed by atoms with Crippen LogP contribution in [0.2, 0.25) is 0 Å². The van der Waals surface area contributed by atoms with Crippen molar-refractivity contribution in [2.75, 3.05) is 11.2 Å². The van der Waals surface area contributed by atoms with Gasteiger partial charge in [-0.05, 0) is 41.6 Å². The fraction of sp³-hybridized carbons (Fsp3) is 0.200. The molecule has 7 heteroatoms. The first-order valence-electron chi connectivity index (χ1n) is 8.57. The van der Waals surface area contributed by atoms with Crippen molar-refractivity contribution >= 4 is 23.4 Å². The number of carbonyl (C=O) groups excluding carboxylic acids is 1. The van der Waals surface area contributed by atoms with Crippen molar-refractivity contribution in [3.63, 3.8) is 0 Å². The average Bonchev–Trinajstić information content (AvgIpc) is 2.66. The molecule has 2 heterocycles. The van der Waals surface area contributed by atoms with Crippen LogP contribution in [0.25, 0.3) is 11.3 Å². The number of aromatic nitrogens is 3. The number of nitrogens with one attached hydrogen (secondary N) is 1. The van der Waals surface area contributed by atoms with Gasteiger partial charge in [-0.3, -0.25) is 14.6 Å². The monoisotopic (exact) mass is 379 g/mol. The summed E-state index contributed by atoms with van der Waals surface area (Å²) in [5, 5.41) is 5.16. The summed E-state index contributed by atoms with van der Waals surface area (Å²) < 4.78 is 1.68. The van der Waals surface area contributed by atoms with Gasteiger partial charge in [-0.25, -0.2) is 4.90 Å². The van der Waals surface area contributed by atoms with E-state index in [1.807, 2.05) is 61.7 Å². The number of benzene rings is 2. The van der Waals surface area contributed by atoms with Crippen LogP contribution < -0.4 is 15.1 Å². The van der Waals surface area contributed by atoms with Gasteiger partial charge in [0.2, 0.25) is 11.1 Å². The van der Waals surface area contributed by atoms with Crippen LogP contribution in [0.5, 0.6) is 0 Å². The third-order valence-corrected chi connectivity index (χ3v) is 5.33. The smallest absolute Gasteiger partial charge is 0.291 e. The maximum absolute atomic E-state index is 12.9. The number of nitrogens with zero attached hydrogens (tertiary/aromatic N) is 3. The van der Waals surface area contributed by atoms with Crippen LogP contribution in [0, 0.1) is 6.92 Å². The highest BCUT2D eigenvalue weighted by Gasteiger charge is 2.45. The van der Waals surface area contributed by atoms with Crippen molar-refractivity contribution in [2.45, 2.75) is 25.2 Å². The first kappa shape index (κ1) is 17.5. The second-order valence-corrected chi connectivity index (χ2v) is 7.19. The van der Waals surface area contributed by atoms with Crippen molar-refractivity contribution in [2.24, 2.45) is 0 Å². The Morgan fingerprint density at radius 1 is 1.19 bits per heavy atom. The molecule has 0 fully saturated rings. The lowest BCUT2D eigenvalue weighted by Gasteiger charge is -2.31. The fourth-order valence-corrected chi connectivity index (χ4v) is 3.93. The Labute approximate surface area is 160 Å². The number of thioether (sulfide) groups is 1. The molecule has 0 aliphatic carbocycles. The second-order valence-electron chi connectivity index (χ2n) is 6.39. The standard InChI is InChI=1S/C20H18N4O2S/c1-12-8-4-5-9-14(12)19-23(13(2)25)16-11-7-6-10-15(16)17-18(26)21-20(27-3)22-24(17)19/h4-11,19H,1-3H3/p+1. The summed E-state index contributed by atoms with van der Waals surface area (Å²) in [6.45, 7) is 3.54. The molecule has 1 aromatic heterocycles. The summed E-state index contributed by atoms with van der Waals surface area (Å²) in [4.78, 5) is 30.1. The zero-order chi connectivity index (χ0) is 19.1. The summed E-state index contributed by atoms with van der Waals surface area (Å²) in [6.07, 6.45) is 1.33. The van der Waals surface area contributed by atoms with E-state index in [0.717, 1.165) is 11.1 Å². The lowest BCUT2D eigenvalue weighted by atomic mass is 9.99. The molecule has 0 saturated heterocycles. The number of hydrogen-bond donors (Lipinski definition) is 1. The maximum atomic E-state index is 12.9.